The molecule has 0 unspecified atom stereocenters. The standard InChI is InChI=1S/C9H10BrN.ClH/c10-7-3-1-6(2-4-7)8-5-9(8)11;/h1-4,8-9H,5,11H2;1H/t8-,9-;/m0./s1. The van der Waals surface area contributed by atoms with Gasteiger partial charge in [0.05, 0.1) is 0 Å². The van der Waals surface area contributed by atoms with Crippen molar-refractivity contribution >= 4 is 28.3 Å². The summed E-state index contributed by atoms with van der Waals surface area (Å²) in [4.78, 5) is 0. The lowest BCUT2D eigenvalue weighted by atomic mass is 10.1. The minimum Gasteiger partial charge on any atom is -0.327 e. The molecule has 3 heteroatoms. The Bertz CT molecular complexity index is 260. The number of rotatable bonds is 1. The lowest BCUT2D eigenvalue weighted by Crippen LogP contribution is -2.00. The quantitative estimate of drug-likeness (QED) is 0.812. The molecule has 0 radical (unpaired) electrons. The van der Waals surface area contributed by atoms with Crippen molar-refractivity contribution in [3.05, 3.63) is 34.3 Å². The molecular weight excluding hydrogens is 237 g/mol. The van der Waals surface area contributed by atoms with E-state index in [1.165, 1.54) is 5.56 Å². The highest BCUT2D eigenvalue weighted by molar-refractivity contribution is 9.10. The third-order valence-electron chi connectivity index (χ3n) is 2.14. The van der Waals surface area contributed by atoms with E-state index >= 15 is 0 Å². The molecule has 2 N–H and O–H groups in total. The summed E-state index contributed by atoms with van der Waals surface area (Å²) in [5.74, 6) is 0.628. The molecule has 0 bridgehead atoms. The molecule has 0 spiro atoms. The second-order valence-electron chi connectivity index (χ2n) is 3.06. The van der Waals surface area contributed by atoms with E-state index in [-0.39, 0.29) is 12.4 Å². The maximum atomic E-state index is 5.72. The van der Waals surface area contributed by atoms with Crippen molar-refractivity contribution in [1.29, 1.82) is 0 Å². The Morgan fingerprint density at radius 3 is 2.17 bits per heavy atom. The van der Waals surface area contributed by atoms with Gasteiger partial charge in [0.2, 0.25) is 0 Å². The average Bonchev–Trinajstić information content (AvgIpc) is 2.69. The molecule has 66 valence electrons. The van der Waals surface area contributed by atoms with E-state index in [0.717, 1.165) is 10.9 Å². The summed E-state index contributed by atoms with van der Waals surface area (Å²) in [7, 11) is 0. The summed E-state index contributed by atoms with van der Waals surface area (Å²) in [6.45, 7) is 0. The second kappa shape index (κ2) is 3.77. The van der Waals surface area contributed by atoms with E-state index in [1.807, 2.05) is 0 Å². The fraction of sp³-hybridized carbons (Fsp3) is 0.333. The summed E-state index contributed by atoms with van der Waals surface area (Å²) in [5.41, 5.74) is 7.10. The van der Waals surface area contributed by atoms with Crippen molar-refractivity contribution in [2.75, 3.05) is 0 Å². The lowest BCUT2D eigenvalue weighted by Gasteiger charge is -1.96. The fourth-order valence-electron chi connectivity index (χ4n) is 1.31. The maximum absolute atomic E-state index is 5.72. The molecule has 0 saturated heterocycles. The van der Waals surface area contributed by atoms with Crippen molar-refractivity contribution in [2.45, 2.75) is 18.4 Å². The molecule has 1 aliphatic rings. The summed E-state index contributed by atoms with van der Waals surface area (Å²) < 4.78 is 1.13. The van der Waals surface area contributed by atoms with E-state index in [1.54, 1.807) is 0 Å². The first-order valence-corrected chi connectivity index (χ1v) is 4.58. The molecule has 1 aromatic rings. The van der Waals surface area contributed by atoms with Crippen LogP contribution in [-0.4, -0.2) is 6.04 Å². The third-order valence-corrected chi connectivity index (χ3v) is 2.67. The van der Waals surface area contributed by atoms with Gasteiger partial charge < -0.3 is 5.73 Å². The highest BCUT2D eigenvalue weighted by Gasteiger charge is 2.34. The van der Waals surface area contributed by atoms with Crippen LogP contribution in [0.25, 0.3) is 0 Å². The van der Waals surface area contributed by atoms with Gasteiger partial charge >= 0.3 is 0 Å². The van der Waals surface area contributed by atoms with Crippen LogP contribution in [0.2, 0.25) is 0 Å². The van der Waals surface area contributed by atoms with Crippen LogP contribution in [0, 0.1) is 0 Å². The molecule has 0 heterocycles. The molecule has 0 amide bonds. The molecule has 12 heavy (non-hydrogen) atoms. The molecule has 1 nitrogen and oxygen atoms in total. The normalized spacial score (nSPS) is 26.2. The predicted octanol–water partition coefficient (Wildman–Crippen LogP) is 2.69. The Morgan fingerprint density at radius 1 is 1.25 bits per heavy atom. The average molecular weight is 249 g/mol. The van der Waals surface area contributed by atoms with Gasteiger partial charge in [-0.2, -0.15) is 0 Å². The lowest BCUT2D eigenvalue weighted by molar-refractivity contribution is 0.990. The van der Waals surface area contributed by atoms with Crippen molar-refractivity contribution in [3.63, 3.8) is 0 Å². The molecule has 2 atom stereocenters. The van der Waals surface area contributed by atoms with Gasteiger partial charge in [0, 0.05) is 16.4 Å². The van der Waals surface area contributed by atoms with E-state index in [4.69, 9.17) is 5.73 Å². The SMILES string of the molecule is Cl.N[C@H]1C[C@H]1c1ccc(Br)cc1. The third kappa shape index (κ3) is 2.00. The smallest absolute Gasteiger partial charge is 0.0175 e. The van der Waals surface area contributed by atoms with Gasteiger partial charge in [-0.1, -0.05) is 28.1 Å². The number of nitrogens with two attached hydrogens (primary N) is 1. The van der Waals surface area contributed by atoms with Crippen LogP contribution < -0.4 is 5.73 Å². The summed E-state index contributed by atoms with van der Waals surface area (Å²) in [5, 5.41) is 0. The topological polar surface area (TPSA) is 26.0 Å². The van der Waals surface area contributed by atoms with Gasteiger partial charge in [-0.25, -0.2) is 0 Å². The zero-order valence-corrected chi connectivity index (χ0v) is 8.94. The Kier molecular flexibility index (Phi) is 3.16. The first-order chi connectivity index (χ1) is 5.27. The van der Waals surface area contributed by atoms with Crippen LogP contribution in [0.15, 0.2) is 28.7 Å². The van der Waals surface area contributed by atoms with Gasteiger partial charge in [-0.3, -0.25) is 0 Å². The molecule has 0 aromatic heterocycles. The minimum atomic E-state index is 0. The summed E-state index contributed by atoms with van der Waals surface area (Å²) in [6, 6.07) is 8.83. The number of hydrogen-bond acceptors (Lipinski definition) is 1. The predicted molar refractivity (Wildman–Crippen MR) is 56.7 cm³/mol. The van der Waals surface area contributed by atoms with Gasteiger partial charge in [-0.15, -0.1) is 12.4 Å². The first-order valence-electron chi connectivity index (χ1n) is 3.78. The van der Waals surface area contributed by atoms with Gasteiger partial charge in [0.15, 0.2) is 0 Å². The highest BCUT2D eigenvalue weighted by Crippen LogP contribution is 2.38. The monoisotopic (exact) mass is 247 g/mol. The molecule has 1 aliphatic carbocycles. The molecule has 1 aromatic carbocycles. The fourth-order valence-corrected chi connectivity index (χ4v) is 1.57. The Labute approximate surface area is 86.9 Å². The van der Waals surface area contributed by atoms with E-state index < -0.39 is 0 Å². The largest absolute Gasteiger partial charge is 0.327 e. The Morgan fingerprint density at radius 2 is 1.75 bits per heavy atom. The Hall–Kier alpha value is -0.0500. The first kappa shape index (κ1) is 10.0. The van der Waals surface area contributed by atoms with Gasteiger partial charge in [0.1, 0.15) is 0 Å². The van der Waals surface area contributed by atoms with E-state index in [2.05, 4.69) is 40.2 Å². The van der Waals surface area contributed by atoms with E-state index in [9.17, 15) is 0 Å². The van der Waals surface area contributed by atoms with Gasteiger partial charge in [-0.05, 0) is 24.1 Å². The number of benzene rings is 1. The van der Waals surface area contributed by atoms with Crippen LogP contribution in [0.3, 0.4) is 0 Å². The molecule has 0 aliphatic heterocycles. The van der Waals surface area contributed by atoms with Crippen molar-refractivity contribution in [1.82, 2.24) is 0 Å². The summed E-state index contributed by atoms with van der Waals surface area (Å²) >= 11 is 3.40. The van der Waals surface area contributed by atoms with Crippen LogP contribution in [-0.2, 0) is 0 Å². The van der Waals surface area contributed by atoms with Crippen molar-refractivity contribution in [2.24, 2.45) is 5.73 Å². The van der Waals surface area contributed by atoms with Crippen LogP contribution in [0.5, 0.6) is 0 Å². The van der Waals surface area contributed by atoms with Crippen LogP contribution >= 0.6 is 28.3 Å². The molecule has 2 rings (SSSR count). The molecule has 1 saturated carbocycles. The minimum absolute atomic E-state index is 0. The van der Waals surface area contributed by atoms with Crippen molar-refractivity contribution in [3.8, 4) is 0 Å². The van der Waals surface area contributed by atoms with E-state index in [0.29, 0.717) is 12.0 Å². The maximum Gasteiger partial charge on any atom is 0.0175 e. The number of hydrogen-bond donors (Lipinski definition) is 1. The van der Waals surface area contributed by atoms with Crippen molar-refractivity contribution < 1.29 is 0 Å². The highest BCUT2D eigenvalue weighted by atomic mass is 79.9. The molecule has 1 fully saturated rings. The zero-order chi connectivity index (χ0) is 7.84. The number of halogens is 2. The van der Waals surface area contributed by atoms with Crippen LogP contribution in [0.4, 0.5) is 0 Å². The molecular formula is C9H11BrClN. The zero-order valence-electron chi connectivity index (χ0n) is 6.53. The second-order valence-corrected chi connectivity index (χ2v) is 3.97. The van der Waals surface area contributed by atoms with Crippen LogP contribution in [0.1, 0.15) is 17.9 Å². The Balaban J connectivity index is 0.000000720. The van der Waals surface area contributed by atoms with Gasteiger partial charge in [0.25, 0.3) is 0 Å². The summed E-state index contributed by atoms with van der Waals surface area (Å²) in [6.07, 6.45) is 1.15.